The van der Waals surface area contributed by atoms with Crippen LogP contribution in [0, 0.1) is 5.82 Å². The number of carboxylic acid groups (broad SMARTS) is 1. The maximum Gasteiger partial charge on any atom is 0.407 e. The van der Waals surface area contributed by atoms with Gasteiger partial charge in [-0.15, -0.1) is 0 Å². The lowest BCUT2D eigenvalue weighted by Gasteiger charge is -2.27. The number of carbonyl (C=O) groups excluding carboxylic acids is 1. The van der Waals surface area contributed by atoms with E-state index in [0.29, 0.717) is 27.4 Å². The smallest absolute Gasteiger partial charge is 0.407 e. The third kappa shape index (κ3) is 5.35. The molecule has 2 aromatic carbocycles. The minimum Gasteiger partial charge on any atom is -0.465 e. The summed E-state index contributed by atoms with van der Waals surface area (Å²) in [6.45, 7) is 1.94. The molecule has 182 valence electrons. The van der Waals surface area contributed by atoms with Crippen molar-refractivity contribution in [3.8, 4) is 0 Å². The second kappa shape index (κ2) is 10.0. The average Bonchev–Trinajstić information content (AvgIpc) is 3.19. The number of nitrogens with zero attached hydrogens (tertiary/aromatic N) is 3. The summed E-state index contributed by atoms with van der Waals surface area (Å²) in [4.78, 5) is 34.1. The number of allylic oxidation sites excluding steroid dienone is 1. The van der Waals surface area contributed by atoms with Gasteiger partial charge in [-0.2, -0.15) is 4.98 Å². The molecule has 3 aromatic rings. The van der Waals surface area contributed by atoms with E-state index < -0.39 is 23.9 Å². The number of aromatic nitrogens is 1. The number of benzene rings is 2. The molecule has 10 nitrogen and oxygen atoms in total. The van der Waals surface area contributed by atoms with Gasteiger partial charge in [0.15, 0.2) is 5.58 Å². The van der Waals surface area contributed by atoms with Crippen LogP contribution in [0.25, 0.3) is 11.1 Å². The quantitative estimate of drug-likeness (QED) is 0.405. The highest BCUT2D eigenvalue weighted by Gasteiger charge is 2.31. The van der Waals surface area contributed by atoms with Crippen LogP contribution < -0.4 is 16.0 Å². The normalized spacial score (nSPS) is 15.4. The lowest BCUT2D eigenvalue weighted by atomic mass is 9.95. The Labute approximate surface area is 204 Å². The van der Waals surface area contributed by atoms with Crippen LogP contribution >= 0.6 is 11.6 Å². The first-order chi connectivity index (χ1) is 16.7. The van der Waals surface area contributed by atoms with Crippen LogP contribution in [0.1, 0.15) is 18.5 Å². The highest BCUT2D eigenvalue weighted by atomic mass is 35.5. The van der Waals surface area contributed by atoms with Crippen molar-refractivity contribution >= 4 is 46.7 Å². The third-order valence-electron chi connectivity index (χ3n) is 5.32. The molecular formula is C23H22ClFN6O4. The van der Waals surface area contributed by atoms with Crippen LogP contribution in [0.4, 0.5) is 15.2 Å². The lowest BCUT2D eigenvalue weighted by molar-refractivity contribution is -0.117. The minimum absolute atomic E-state index is 0.0900. The fraction of sp³-hybridized carbons (Fsp3) is 0.217. The van der Waals surface area contributed by atoms with Crippen molar-refractivity contribution < 1.29 is 23.5 Å². The van der Waals surface area contributed by atoms with E-state index in [1.807, 2.05) is 0 Å². The predicted molar refractivity (Wildman–Crippen MR) is 129 cm³/mol. The number of likely N-dealkylation sites (N-methyl/N-ethyl adjacent to an activating group) is 1. The van der Waals surface area contributed by atoms with Crippen molar-refractivity contribution in [3.63, 3.8) is 0 Å². The fourth-order valence-electron chi connectivity index (χ4n) is 3.54. The molecule has 0 aliphatic carbocycles. The first-order valence-corrected chi connectivity index (χ1v) is 11.0. The Bertz CT molecular complexity index is 1350. The summed E-state index contributed by atoms with van der Waals surface area (Å²) in [5.41, 5.74) is 2.15. The van der Waals surface area contributed by atoms with Crippen LogP contribution in [0.3, 0.4) is 0 Å². The van der Waals surface area contributed by atoms with Gasteiger partial charge < -0.3 is 25.1 Å². The van der Waals surface area contributed by atoms with Crippen LogP contribution in [-0.4, -0.2) is 53.1 Å². The summed E-state index contributed by atoms with van der Waals surface area (Å²) in [6.07, 6.45) is -1.09. The molecule has 0 fully saturated rings. The van der Waals surface area contributed by atoms with Gasteiger partial charge in [-0.3, -0.25) is 10.1 Å². The average molecular weight is 501 g/mol. The van der Waals surface area contributed by atoms with E-state index in [9.17, 15) is 14.0 Å². The summed E-state index contributed by atoms with van der Waals surface area (Å²) < 4.78 is 19.1. The van der Waals surface area contributed by atoms with Gasteiger partial charge in [0.2, 0.25) is 5.96 Å². The summed E-state index contributed by atoms with van der Waals surface area (Å²) in [7, 11) is 1.41. The first kappa shape index (κ1) is 24.0. The van der Waals surface area contributed by atoms with E-state index in [-0.39, 0.29) is 30.6 Å². The van der Waals surface area contributed by atoms with Gasteiger partial charge in [0.05, 0.1) is 5.57 Å². The number of hydrogen-bond donors (Lipinski definition) is 4. The number of rotatable bonds is 6. The number of aliphatic imine (C=N–C) groups is 1. The number of amides is 2. The molecule has 0 saturated carbocycles. The SMILES string of the molecule is CC1=C(C(=O)NCCN(C)C(=O)O)C(c2ccccc2Cl)N=C(Nc2nc3ccc(F)cc3o2)N1. The molecule has 1 aliphatic heterocycles. The van der Waals surface area contributed by atoms with Gasteiger partial charge in [-0.1, -0.05) is 29.8 Å². The number of guanidine groups is 1. The van der Waals surface area contributed by atoms with E-state index in [0.717, 1.165) is 4.90 Å². The summed E-state index contributed by atoms with van der Waals surface area (Å²) in [6, 6.07) is 10.3. The maximum absolute atomic E-state index is 13.5. The second-order valence-electron chi connectivity index (χ2n) is 7.78. The third-order valence-corrected chi connectivity index (χ3v) is 5.67. The molecule has 0 bridgehead atoms. The highest BCUT2D eigenvalue weighted by molar-refractivity contribution is 6.31. The molecule has 0 saturated heterocycles. The summed E-state index contributed by atoms with van der Waals surface area (Å²) in [5.74, 6) is -0.614. The standard InChI is InChI=1S/C23H22ClFN6O4/c1-12-18(20(32)26-9-10-31(2)23(33)34)19(14-5-3-4-6-15(14)24)29-21(27-12)30-22-28-16-8-7-13(25)11-17(16)35-22/h3-8,11,19H,9-10H2,1-2H3,(H,26,32)(H,33,34)(H2,27,28,29,30). The van der Waals surface area contributed by atoms with Crippen molar-refractivity contribution in [1.82, 2.24) is 20.5 Å². The summed E-state index contributed by atoms with van der Waals surface area (Å²) >= 11 is 6.43. The highest BCUT2D eigenvalue weighted by Crippen LogP contribution is 2.35. The van der Waals surface area contributed by atoms with Crippen molar-refractivity contribution in [2.24, 2.45) is 4.99 Å². The molecule has 1 aromatic heterocycles. The molecule has 1 aliphatic rings. The largest absolute Gasteiger partial charge is 0.465 e. The lowest BCUT2D eigenvalue weighted by Crippen LogP contribution is -2.41. The van der Waals surface area contributed by atoms with Crippen molar-refractivity contribution in [3.05, 3.63) is 70.1 Å². The van der Waals surface area contributed by atoms with Crippen LogP contribution in [0.5, 0.6) is 0 Å². The number of carbonyl (C=O) groups is 2. The van der Waals surface area contributed by atoms with Crippen LogP contribution in [-0.2, 0) is 4.79 Å². The number of halogens is 2. The van der Waals surface area contributed by atoms with Crippen molar-refractivity contribution in [1.29, 1.82) is 0 Å². The first-order valence-electron chi connectivity index (χ1n) is 10.6. The van der Waals surface area contributed by atoms with Gasteiger partial charge in [-0.25, -0.2) is 14.2 Å². The van der Waals surface area contributed by atoms with E-state index in [1.165, 1.54) is 25.2 Å². The topological polar surface area (TPSA) is 132 Å². The summed E-state index contributed by atoms with van der Waals surface area (Å²) in [5, 5.41) is 18.1. The van der Waals surface area contributed by atoms with Crippen molar-refractivity contribution in [2.45, 2.75) is 13.0 Å². The predicted octanol–water partition coefficient (Wildman–Crippen LogP) is 3.73. The number of fused-ring (bicyclic) bond motifs is 1. The Balaban J connectivity index is 1.61. The molecule has 0 spiro atoms. The molecule has 35 heavy (non-hydrogen) atoms. The number of oxazole rings is 1. The maximum atomic E-state index is 13.5. The Hall–Kier alpha value is -4.12. The number of anilines is 1. The molecule has 4 rings (SSSR count). The van der Waals surface area contributed by atoms with E-state index in [4.69, 9.17) is 21.1 Å². The fourth-order valence-corrected chi connectivity index (χ4v) is 3.78. The van der Waals surface area contributed by atoms with Gasteiger partial charge >= 0.3 is 12.1 Å². The molecule has 2 heterocycles. The zero-order chi connectivity index (χ0) is 25.1. The zero-order valence-electron chi connectivity index (χ0n) is 18.8. The molecule has 4 N–H and O–H groups in total. The van der Waals surface area contributed by atoms with E-state index >= 15 is 0 Å². The van der Waals surface area contributed by atoms with Gasteiger partial charge in [-0.05, 0) is 25.1 Å². The Kier molecular flexibility index (Phi) is 6.87. The molecular weight excluding hydrogens is 479 g/mol. The van der Waals surface area contributed by atoms with Gasteiger partial charge in [0, 0.05) is 42.5 Å². The van der Waals surface area contributed by atoms with Crippen LogP contribution in [0.2, 0.25) is 5.02 Å². The molecule has 1 atom stereocenters. The second-order valence-corrected chi connectivity index (χ2v) is 8.19. The molecule has 1 unspecified atom stereocenters. The zero-order valence-corrected chi connectivity index (χ0v) is 19.6. The number of nitrogens with one attached hydrogen (secondary N) is 3. The van der Waals surface area contributed by atoms with Crippen molar-refractivity contribution in [2.75, 3.05) is 25.5 Å². The number of hydrogen-bond acceptors (Lipinski definition) is 7. The molecule has 12 heteroatoms. The Morgan fingerprint density at radius 1 is 1.29 bits per heavy atom. The van der Waals surface area contributed by atoms with Gasteiger partial charge in [0.1, 0.15) is 17.4 Å². The molecule has 2 amide bonds. The minimum atomic E-state index is -1.09. The van der Waals surface area contributed by atoms with E-state index in [2.05, 4.69) is 25.9 Å². The van der Waals surface area contributed by atoms with Gasteiger partial charge in [0.25, 0.3) is 5.91 Å². The molecule has 0 radical (unpaired) electrons. The Morgan fingerprint density at radius 3 is 2.80 bits per heavy atom. The van der Waals surface area contributed by atoms with E-state index in [1.54, 1.807) is 31.2 Å². The Morgan fingerprint density at radius 2 is 2.06 bits per heavy atom. The monoisotopic (exact) mass is 500 g/mol. The van der Waals surface area contributed by atoms with Crippen LogP contribution in [0.15, 0.2) is 63.1 Å².